The first-order valence-corrected chi connectivity index (χ1v) is 6.78. The summed E-state index contributed by atoms with van der Waals surface area (Å²) in [6, 6.07) is -0.865. The molecule has 0 aliphatic carbocycles. The first kappa shape index (κ1) is 18.4. The average molecular weight is 287 g/mol. The Morgan fingerprint density at radius 2 is 1.75 bits per heavy atom. The lowest BCUT2D eigenvalue weighted by molar-refractivity contribution is -0.143. The van der Waals surface area contributed by atoms with Gasteiger partial charge in [0.15, 0.2) is 0 Å². The maximum atomic E-state index is 11.6. The molecule has 116 valence electrons. The molecule has 0 fully saturated rings. The SMILES string of the molecule is CCCC(=O)CCC(NC(=O)OC(C)(C)C)C(=O)OC. The predicted molar refractivity (Wildman–Crippen MR) is 74.3 cm³/mol. The van der Waals surface area contributed by atoms with Crippen LogP contribution in [0.4, 0.5) is 4.79 Å². The highest BCUT2D eigenvalue weighted by molar-refractivity contribution is 5.83. The van der Waals surface area contributed by atoms with Crippen molar-refractivity contribution in [2.45, 2.75) is 65.0 Å². The van der Waals surface area contributed by atoms with Crippen molar-refractivity contribution in [2.24, 2.45) is 0 Å². The molecule has 0 aliphatic rings. The van der Waals surface area contributed by atoms with Crippen molar-refractivity contribution in [3.05, 3.63) is 0 Å². The van der Waals surface area contributed by atoms with Gasteiger partial charge in [-0.2, -0.15) is 0 Å². The van der Waals surface area contributed by atoms with Crippen molar-refractivity contribution in [3.8, 4) is 0 Å². The highest BCUT2D eigenvalue weighted by atomic mass is 16.6. The highest BCUT2D eigenvalue weighted by Gasteiger charge is 2.25. The molecule has 1 atom stereocenters. The van der Waals surface area contributed by atoms with Crippen LogP contribution in [-0.4, -0.2) is 36.6 Å². The van der Waals surface area contributed by atoms with Crippen LogP contribution in [0.25, 0.3) is 0 Å². The molecule has 0 bridgehead atoms. The van der Waals surface area contributed by atoms with E-state index in [1.165, 1.54) is 7.11 Å². The number of Topliss-reactive ketones (excluding diaryl/α,β-unsaturated/α-hetero) is 1. The van der Waals surface area contributed by atoms with Crippen LogP contribution in [0, 0.1) is 0 Å². The number of methoxy groups -OCH3 is 1. The van der Waals surface area contributed by atoms with Crippen LogP contribution in [0.1, 0.15) is 53.4 Å². The number of esters is 1. The highest BCUT2D eigenvalue weighted by Crippen LogP contribution is 2.09. The van der Waals surface area contributed by atoms with Gasteiger partial charge in [0.05, 0.1) is 7.11 Å². The van der Waals surface area contributed by atoms with Gasteiger partial charge in [-0.3, -0.25) is 4.79 Å². The molecule has 6 heteroatoms. The average Bonchev–Trinajstić information content (AvgIpc) is 2.31. The fourth-order valence-corrected chi connectivity index (χ4v) is 1.55. The lowest BCUT2D eigenvalue weighted by Crippen LogP contribution is -2.44. The van der Waals surface area contributed by atoms with Gasteiger partial charge in [0.25, 0.3) is 0 Å². The van der Waals surface area contributed by atoms with E-state index in [1.807, 2.05) is 6.92 Å². The number of hydrogen-bond acceptors (Lipinski definition) is 5. The van der Waals surface area contributed by atoms with Crippen molar-refractivity contribution in [1.29, 1.82) is 0 Å². The number of hydrogen-bond donors (Lipinski definition) is 1. The number of ketones is 1. The lowest BCUT2D eigenvalue weighted by atomic mass is 10.1. The molecule has 1 amide bonds. The van der Waals surface area contributed by atoms with Crippen LogP contribution < -0.4 is 5.32 Å². The van der Waals surface area contributed by atoms with Crippen LogP contribution in [0.5, 0.6) is 0 Å². The van der Waals surface area contributed by atoms with Crippen LogP contribution in [0.2, 0.25) is 0 Å². The maximum absolute atomic E-state index is 11.6. The number of carbonyl (C=O) groups excluding carboxylic acids is 3. The molecule has 0 heterocycles. The molecule has 0 aromatic rings. The molecule has 0 saturated carbocycles. The normalized spacial score (nSPS) is 12.4. The number of carbonyl (C=O) groups is 3. The van der Waals surface area contributed by atoms with E-state index in [1.54, 1.807) is 20.8 Å². The van der Waals surface area contributed by atoms with Gasteiger partial charge in [0.1, 0.15) is 17.4 Å². The Bertz CT molecular complexity index is 346. The van der Waals surface area contributed by atoms with Gasteiger partial charge < -0.3 is 14.8 Å². The number of ether oxygens (including phenoxy) is 2. The second kappa shape index (κ2) is 8.55. The summed E-state index contributed by atoms with van der Waals surface area (Å²) in [4.78, 5) is 34.7. The van der Waals surface area contributed by atoms with Gasteiger partial charge in [0.2, 0.25) is 0 Å². The first-order valence-electron chi connectivity index (χ1n) is 6.78. The van der Waals surface area contributed by atoms with E-state index in [0.717, 1.165) is 6.42 Å². The third-order valence-electron chi connectivity index (χ3n) is 2.42. The zero-order valence-corrected chi connectivity index (χ0v) is 12.9. The smallest absolute Gasteiger partial charge is 0.408 e. The molecule has 0 radical (unpaired) electrons. The molecule has 0 rings (SSSR count). The van der Waals surface area contributed by atoms with Crippen molar-refractivity contribution in [3.63, 3.8) is 0 Å². The van der Waals surface area contributed by atoms with E-state index < -0.39 is 23.7 Å². The van der Waals surface area contributed by atoms with E-state index in [2.05, 4.69) is 10.1 Å². The Hall–Kier alpha value is -1.59. The summed E-state index contributed by atoms with van der Waals surface area (Å²) in [6.45, 7) is 7.09. The molecule has 6 nitrogen and oxygen atoms in total. The Morgan fingerprint density at radius 3 is 2.20 bits per heavy atom. The first-order chi connectivity index (χ1) is 9.19. The summed E-state index contributed by atoms with van der Waals surface area (Å²) in [7, 11) is 1.24. The van der Waals surface area contributed by atoms with Crippen LogP contribution >= 0.6 is 0 Å². The summed E-state index contributed by atoms with van der Waals surface area (Å²) >= 11 is 0. The number of alkyl carbamates (subject to hydrolysis) is 1. The fourth-order valence-electron chi connectivity index (χ4n) is 1.55. The fraction of sp³-hybridized carbons (Fsp3) is 0.786. The largest absolute Gasteiger partial charge is 0.467 e. The summed E-state index contributed by atoms with van der Waals surface area (Å²) in [5.74, 6) is -0.521. The summed E-state index contributed by atoms with van der Waals surface area (Å²) in [5.41, 5.74) is -0.650. The minimum Gasteiger partial charge on any atom is -0.467 e. The Balaban J connectivity index is 4.46. The van der Waals surface area contributed by atoms with Crippen LogP contribution in [0.3, 0.4) is 0 Å². The second-order valence-electron chi connectivity index (χ2n) is 5.55. The van der Waals surface area contributed by atoms with E-state index in [4.69, 9.17) is 4.74 Å². The topological polar surface area (TPSA) is 81.7 Å². The number of rotatable bonds is 7. The molecule has 0 saturated heterocycles. The molecule has 20 heavy (non-hydrogen) atoms. The molecule has 0 aromatic carbocycles. The van der Waals surface area contributed by atoms with Gasteiger partial charge in [-0.05, 0) is 33.6 Å². The van der Waals surface area contributed by atoms with Gasteiger partial charge in [-0.25, -0.2) is 9.59 Å². The zero-order chi connectivity index (χ0) is 15.8. The quantitative estimate of drug-likeness (QED) is 0.726. The summed E-state index contributed by atoms with van der Waals surface area (Å²) in [6.07, 6.45) is 0.978. The number of nitrogens with one attached hydrogen (secondary N) is 1. The van der Waals surface area contributed by atoms with E-state index in [0.29, 0.717) is 6.42 Å². The molecular formula is C14H25NO5. The zero-order valence-electron chi connectivity index (χ0n) is 12.9. The minimum absolute atomic E-state index is 0.0624. The van der Waals surface area contributed by atoms with Crippen LogP contribution in [0.15, 0.2) is 0 Å². The minimum atomic E-state index is -0.865. The summed E-state index contributed by atoms with van der Waals surface area (Å²) in [5, 5.41) is 2.43. The third kappa shape index (κ3) is 8.50. The molecule has 0 spiro atoms. The monoisotopic (exact) mass is 287 g/mol. The van der Waals surface area contributed by atoms with Crippen LogP contribution in [-0.2, 0) is 19.1 Å². The van der Waals surface area contributed by atoms with E-state index in [-0.39, 0.29) is 18.6 Å². The molecule has 0 aliphatic heterocycles. The third-order valence-corrected chi connectivity index (χ3v) is 2.42. The Kier molecular flexibility index (Phi) is 7.87. The molecule has 1 unspecified atom stereocenters. The van der Waals surface area contributed by atoms with Crippen molar-refractivity contribution < 1.29 is 23.9 Å². The summed E-state index contributed by atoms with van der Waals surface area (Å²) < 4.78 is 9.69. The van der Waals surface area contributed by atoms with Crippen molar-refractivity contribution in [2.75, 3.05) is 7.11 Å². The van der Waals surface area contributed by atoms with E-state index >= 15 is 0 Å². The van der Waals surface area contributed by atoms with Crippen molar-refractivity contribution in [1.82, 2.24) is 5.32 Å². The van der Waals surface area contributed by atoms with E-state index in [9.17, 15) is 14.4 Å². The predicted octanol–water partition coefficient (Wildman–Crippen LogP) is 2.20. The van der Waals surface area contributed by atoms with Gasteiger partial charge >= 0.3 is 12.1 Å². The van der Waals surface area contributed by atoms with Gasteiger partial charge in [-0.1, -0.05) is 6.92 Å². The van der Waals surface area contributed by atoms with Gasteiger partial charge in [-0.15, -0.1) is 0 Å². The lowest BCUT2D eigenvalue weighted by Gasteiger charge is -2.22. The Labute approximate surface area is 120 Å². The second-order valence-corrected chi connectivity index (χ2v) is 5.55. The maximum Gasteiger partial charge on any atom is 0.408 e. The molecule has 0 aromatic heterocycles. The molecule has 1 N–H and O–H groups in total. The number of amides is 1. The van der Waals surface area contributed by atoms with Crippen molar-refractivity contribution >= 4 is 17.8 Å². The molecular weight excluding hydrogens is 262 g/mol. The van der Waals surface area contributed by atoms with Gasteiger partial charge in [0, 0.05) is 12.8 Å². The Morgan fingerprint density at radius 1 is 1.15 bits per heavy atom. The standard InChI is InChI=1S/C14H25NO5/c1-6-7-10(16)8-9-11(12(17)19-5)15-13(18)20-14(2,3)4/h11H,6-9H2,1-5H3,(H,15,18).